The van der Waals surface area contributed by atoms with Gasteiger partial charge in [-0.15, -0.1) is 0 Å². The lowest BCUT2D eigenvalue weighted by molar-refractivity contribution is -0.146. The number of nitrogens with two attached hydrogens (primary N) is 1. The molecule has 0 aromatic heterocycles. The fraction of sp³-hybridized carbons (Fsp3) is 0.861. The Labute approximate surface area is 295 Å². The molecule has 284 valence electrons. The number of amides is 5. The molecule has 0 unspecified atom stereocenters. The molecule has 49 heavy (non-hydrogen) atoms. The first-order chi connectivity index (χ1) is 23.2. The molecule has 0 heterocycles. The largest absolute Gasteiger partial charge is 0.391 e. The van der Waals surface area contributed by atoms with Crippen molar-refractivity contribution in [3.8, 4) is 0 Å². The Hall–Kier alpha value is -2.77. The third-order valence-electron chi connectivity index (χ3n) is 9.59. The van der Waals surface area contributed by atoms with E-state index in [2.05, 4.69) is 28.2 Å². The maximum atomic E-state index is 14.1. The van der Waals surface area contributed by atoms with E-state index in [4.69, 9.17) is 10.5 Å². The molecule has 0 spiro atoms. The number of nitrogens with one attached hydrogen (secondary N) is 4. The average Bonchev–Trinajstić information content (AvgIpc) is 3.08. The zero-order valence-corrected chi connectivity index (χ0v) is 31.5. The van der Waals surface area contributed by atoms with Crippen LogP contribution in [0.4, 0.5) is 0 Å². The van der Waals surface area contributed by atoms with Crippen LogP contribution in [0.5, 0.6) is 0 Å². The van der Waals surface area contributed by atoms with Crippen molar-refractivity contribution in [3.63, 3.8) is 0 Å². The molecule has 1 saturated carbocycles. The van der Waals surface area contributed by atoms with Crippen molar-refractivity contribution >= 4 is 29.5 Å². The van der Waals surface area contributed by atoms with Gasteiger partial charge in [-0.2, -0.15) is 0 Å². The van der Waals surface area contributed by atoms with E-state index < -0.39 is 59.8 Å². The van der Waals surface area contributed by atoms with Gasteiger partial charge in [0.2, 0.25) is 29.5 Å². The highest BCUT2D eigenvalue weighted by Crippen LogP contribution is 2.27. The van der Waals surface area contributed by atoms with Crippen LogP contribution in [-0.4, -0.2) is 103 Å². The zero-order chi connectivity index (χ0) is 37.1. The summed E-state index contributed by atoms with van der Waals surface area (Å²) in [6.45, 7) is 11.3. The molecule has 7 N–H and O–H groups in total. The maximum Gasteiger partial charge on any atom is 0.245 e. The quantitative estimate of drug-likeness (QED) is 0.0878. The van der Waals surface area contributed by atoms with E-state index in [-0.39, 0.29) is 30.4 Å². The Morgan fingerprint density at radius 3 is 2.04 bits per heavy atom. The summed E-state index contributed by atoms with van der Waals surface area (Å²) >= 11 is 0. The second kappa shape index (κ2) is 23.6. The SMILES string of the molecule is CCCCCC[C@@H](OC)[C@@H](C)C(=O)N(C)[C@@H](CC(C)C)C(=O)N[C@H](C(=O)N[C@@H](CN)C(=O)N[C@H](C(=O)NCCC)[C@H](C)O)C1CCCCC1. The molecule has 5 amide bonds. The number of methoxy groups -OCH3 is 1. The molecule has 1 fully saturated rings. The van der Waals surface area contributed by atoms with Crippen LogP contribution in [0.2, 0.25) is 0 Å². The average molecular weight is 697 g/mol. The van der Waals surface area contributed by atoms with Crippen LogP contribution in [0.3, 0.4) is 0 Å². The lowest BCUT2D eigenvalue weighted by atomic mass is 9.83. The number of carbonyl (C=O) groups excluding carboxylic acids is 5. The van der Waals surface area contributed by atoms with Crippen molar-refractivity contribution in [2.75, 3.05) is 27.2 Å². The van der Waals surface area contributed by atoms with Gasteiger partial charge in [0.25, 0.3) is 0 Å². The number of aliphatic hydroxyl groups is 1. The first kappa shape index (κ1) is 44.3. The van der Waals surface area contributed by atoms with Gasteiger partial charge in [0.15, 0.2) is 0 Å². The number of hydrogen-bond donors (Lipinski definition) is 6. The number of ether oxygens (including phenoxy) is 1. The van der Waals surface area contributed by atoms with Gasteiger partial charge in [-0.3, -0.25) is 24.0 Å². The van der Waals surface area contributed by atoms with Crippen LogP contribution >= 0.6 is 0 Å². The Bertz CT molecular complexity index is 1020. The molecule has 7 atom stereocenters. The first-order valence-electron chi connectivity index (χ1n) is 18.6. The molecule has 0 bridgehead atoms. The molecule has 1 aliphatic carbocycles. The van der Waals surface area contributed by atoms with Crippen molar-refractivity contribution in [2.45, 2.75) is 155 Å². The zero-order valence-electron chi connectivity index (χ0n) is 31.5. The van der Waals surface area contributed by atoms with Gasteiger partial charge >= 0.3 is 0 Å². The van der Waals surface area contributed by atoms with Gasteiger partial charge in [-0.25, -0.2) is 0 Å². The standard InChI is InChI=1S/C36H68N6O7/c1-9-11-12-16-19-29(49-8)24(5)36(48)42(7)28(21-23(3)4)33(45)41-31(26-17-14-13-15-18-26)35(47)39-27(22-37)32(44)40-30(25(6)43)34(46)38-20-10-2/h23-31,43H,9-22,37H2,1-8H3,(H,38,46)(H,39,47)(H,40,44)(H,41,45)/t24-,25+,27+,28+,29-,30+,31+/m1/s1. The fourth-order valence-corrected chi connectivity index (χ4v) is 6.49. The predicted octanol–water partition coefficient (Wildman–Crippen LogP) is 2.38. The third kappa shape index (κ3) is 14.9. The highest BCUT2D eigenvalue weighted by atomic mass is 16.5. The van der Waals surface area contributed by atoms with E-state index in [1.54, 1.807) is 14.2 Å². The Kier molecular flexibility index (Phi) is 21.3. The van der Waals surface area contributed by atoms with E-state index in [9.17, 15) is 29.1 Å². The third-order valence-corrected chi connectivity index (χ3v) is 9.59. The number of rotatable bonds is 23. The smallest absolute Gasteiger partial charge is 0.245 e. The normalized spacial score (nSPS) is 17.9. The highest BCUT2D eigenvalue weighted by Gasteiger charge is 2.38. The van der Waals surface area contributed by atoms with Crippen LogP contribution in [0, 0.1) is 17.8 Å². The van der Waals surface area contributed by atoms with Crippen molar-refractivity contribution in [1.82, 2.24) is 26.2 Å². The second-order valence-electron chi connectivity index (χ2n) is 14.2. The van der Waals surface area contributed by atoms with Crippen molar-refractivity contribution < 1.29 is 33.8 Å². The second-order valence-corrected chi connectivity index (χ2v) is 14.2. The molecular weight excluding hydrogens is 628 g/mol. The molecule has 0 radical (unpaired) electrons. The predicted molar refractivity (Wildman–Crippen MR) is 191 cm³/mol. The molecule has 1 rings (SSSR count). The number of carbonyl (C=O) groups is 5. The Balaban J connectivity index is 3.21. The lowest BCUT2D eigenvalue weighted by Gasteiger charge is -2.36. The summed E-state index contributed by atoms with van der Waals surface area (Å²) in [4.78, 5) is 69.0. The Morgan fingerprint density at radius 2 is 1.51 bits per heavy atom. The number of aliphatic hydroxyl groups excluding tert-OH is 1. The molecule has 0 aromatic rings. The number of unbranched alkanes of at least 4 members (excludes halogenated alkanes) is 3. The summed E-state index contributed by atoms with van der Waals surface area (Å²) in [6.07, 6.45) is 8.87. The molecule has 13 nitrogen and oxygen atoms in total. The van der Waals surface area contributed by atoms with Crippen LogP contribution in [0.15, 0.2) is 0 Å². The maximum absolute atomic E-state index is 14.1. The lowest BCUT2D eigenvalue weighted by Crippen LogP contribution is -2.62. The van der Waals surface area contributed by atoms with Crippen molar-refractivity contribution in [3.05, 3.63) is 0 Å². The topological polar surface area (TPSA) is 192 Å². The minimum Gasteiger partial charge on any atom is -0.391 e. The van der Waals surface area contributed by atoms with Crippen molar-refractivity contribution in [1.29, 1.82) is 0 Å². The monoisotopic (exact) mass is 697 g/mol. The number of nitrogens with zero attached hydrogens (tertiary/aromatic N) is 1. The summed E-state index contributed by atoms with van der Waals surface area (Å²) < 4.78 is 5.71. The summed E-state index contributed by atoms with van der Waals surface area (Å²) in [5.41, 5.74) is 5.92. The van der Waals surface area contributed by atoms with E-state index in [0.29, 0.717) is 32.2 Å². The Morgan fingerprint density at radius 1 is 0.857 bits per heavy atom. The number of likely N-dealkylation sites (N-methyl/N-ethyl adjacent to an activating group) is 1. The summed E-state index contributed by atoms with van der Waals surface area (Å²) in [6, 6.07) is -4.24. The first-order valence-corrected chi connectivity index (χ1v) is 18.6. The summed E-state index contributed by atoms with van der Waals surface area (Å²) in [5, 5.41) is 21.0. The van der Waals surface area contributed by atoms with E-state index in [0.717, 1.165) is 51.4 Å². The van der Waals surface area contributed by atoms with Gasteiger partial charge in [0.05, 0.1) is 18.1 Å². The van der Waals surface area contributed by atoms with Crippen LogP contribution in [0.25, 0.3) is 0 Å². The molecule has 0 aliphatic heterocycles. The van der Waals surface area contributed by atoms with E-state index in [1.165, 1.54) is 11.8 Å². The highest BCUT2D eigenvalue weighted by molar-refractivity contribution is 5.96. The van der Waals surface area contributed by atoms with E-state index >= 15 is 0 Å². The van der Waals surface area contributed by atoms with E-state index in [1.807, 2.05) is 27.7 Å². The van der Waals surface area contributed by atoms with Crippen LogP contribution < -0.4 is 27.0 Å². The molecular formula is C36H68N6O7. The van der Waals surface area contributed by atoms with Crippen LogP contribution in [0.1, 0.15) is 119 Å². The summed E-state index contributed by atoms with van der Waals surface area (Å²) in [7, 11) is 3.25. The summed E-state index contributed by atoms with van der Waals surface area (Å²) in [5.74, 6) is -3.02. The van der Waals surface area contributed by atoms with Gasteiger partial charge in [-0.1, -0.05) is 79.6 Å². The minimum absolute atomic E-state index is 0.0808. The van der Waals surface area contributed by atoms with Crippen LogP contribution in [-0.2, 0) is 28.7 Å². The molecule has 0 saturated heterocycles. The molecule has 13 heteroatoms. The fourth-order valence-electron chi connectivity index (χ4n) is 6.49. The number of hydrogen-bond acceptors (Lipinski definition) is 8. The van der Waals surface area contributed by atoms with Gasteiger partial charge in [0, 0.05) is 27.2 Å². The van der Waals surface area contributed by atoms with Gasteiger partial charge < -0.3 is 41.7 Å². The van der Waals surface area contributed by atoms with Crippen molar-refractivity contribution in [2.24, 2.45) is 23.5 Å². The molecule has 0 aromatic carbocycles. The van der Waals surface area contributed by atoms with Gasteiger partial charge in [0.1, 0.15) is 24.2 Å². The minimum atomic E-state index is -1.24. The van der Waals surface area contributed by atoms with Gasteiger partial charge in [-0.05, 0) is 50.9 Å². The molecule has 1 aliphatic rings.